The van der Waals surface area contributed by atoms with Crippen molar-refractivity contribution < 1.29 is 0 Å². The van der Waals surface area contributed by atoms with Gasteiger partial charge in [0.25, 0.3) is 0 Å². The first-order chi connectivity index (χ1) is 13.3. The number of hydrogen-bond acceptors (Lipinski definition) is 0. The van der Waals surface area contributed by atoms with Gasteiger partial charge < -0.3 is 0 Å². The van der Waals surface area contributed by atoms with Gasteiger partial charge >= 0.3 is 0 Å². The summed E-state index contributed by atoms with van der Waals surface area (Å²) in [5, 5.41) is 0. The van der Waals surface area contributed by atoms with Crippen LogP contribution in [0.25, 0.3) is 5.57 Å². The summed E-state index contributed by atoms with van der Waals surface area (Å²) in [6.45, 7) is 4.68. The van der Waals surface area contributed by atoms with Gasteiger partial charge in [0.1, 0.15) is 0 Å². The highest BCUT2D eigenvalue weighted by atomic mass is 14.3. The van der Waals surface area contributed by atoms with Gasteiger partial charge in [-0.05, 0) is 79.4 Å². The summed E-state index contributed by atoms with van der Waals surface area (Å²) in [5.74, 6) is 2.71. The van der Waals surface area contributed by atoms with Gasteiger partial charge in [-0.25, -0.2) is 0 Å². The van der Waals surface area contributed by atoms with E-state index < -0.39 is 0 Å². The zero-order valence-electron chi connectivity index (χ0n) is 18.0. The fourth-order valence-electron chi connectivity index (χ4n) is 5.19. The SMILES string of the molecule is CCCCCCCC[C@H]1CC[C@H](c2ccc(C3=CCC(C)CC3)cc2)CC1. The Kier molecular flexibility index (Phi) is 8.49. The Morgan fingerprint density at radius 2 is 1.52 bits per heavy atom. The van der Waals surface area contributed by atoms with Gasteiger partial charge in [-0.1, -0.05) is 89.1 Å². The number of allylic oxidation sites excluding steroid dienone is 2. The molecular formula is C27H42. The molecule has 0 saturated heterocycles. The highest BCUT2D eigenvalue weighted by Crippen LogP contribution is 2.38. The third kappa shape index (κ3) is 6.51. The van der Waals surface area contributed by atoms with E-state index in [9.17, 15) is 0 Å². The van der Waals surface area contributed by atoms with E-state index in [2.05, 4.69) is 44.2 Å². The van der Waals surface area contributed by atoms with Crippen LogP contribution < -0.4 is 0 Å². The molecule has 27 heavy (non-hydrogen) atoms. The van der Waals surface area contributed by atoms with Crippen molar-refractivity contribution >= 4 is 5.57 Å². The lowest BCUT2D eigenvalue weighted by Crippen LogP contribution is -2.13. The van der Waals surface area contributed by atoms with Gasteiger partial charge in [-0.2, -0.15) is 0 Å². The van der Waals surface area contributed by atoms with Gasteiger partial charge in [-0.3, -0.25) is 0 Å². The summed E-state index contributed by atoms with van der Waals surface area (Å²) in [5.41, 5.74) is 4.66. The van der Waals surface area contributed by atoms with E-state index in [1.54, 1.807) is 11.1 Å². The van der Waals surface area contributed by atoms with E-state index in [0.717, 1.165) is 17.8 Å². The molecule has 0 aliphatic heterocycles. The molecule has 2 aliphatic rings. The van der Waals surface area contributed by atoms with Gasteiger partial charge in [-0.15, -0.1) is 0 Å². The molecule has 1 aromatic carbocycles. The number of hydrogen-bond donors (Lipinski definition) is 0. The Morgan fingerprint density at radius 3 is 2.19 bits per heavy atom. The maximum Gasteiger partial charge on any atom is -0.0162 e. The average Bonchev–Trinajstić information content (AvgIpc) is 2.72. The minimum atomic E-state index is 0.820. The number of benzene rings is 1. The molecule has 0 amide bonds. The largest absolute Gasteiger partial charge is 0.0805 e. The number of unbranched alkanes of at least 4 members (excludes halogenated alkanes) is 5. The zero-order chi connectivity index (χ0) is 18.9. The van der Waals surface area contributed by atoms with Crippen LogP contribution in [0, 0.1) is 11.8 Å². The summed E-state index contributed by atoms with van der Waals surface area (Å²) in [6.07, 6.45) is 22.3. The van der Waals surface area contributed by atoms with Crippen molar-refractivity contribution in [2.75, 3.05) is 0 Å². The molecule has 1 fully saturated rings. The Labute approximate surface area is 168 Å². The first-order valence-corrected chi connectivity index (χ1v) is 12.1. The van der Waals surface area contributed by atoms with E-state index in [4.69, 9.17) is 0 Å². The lowest BCUT2D eigenvalue weighted by Gasteiger charge is -2.29. The Hall–Kier alpha value is -1.04. The molecule has 0 radical (unpaired) electrons. The minimum absolute atomic E-state index is 0.820. The van der Waals surface area contributed by atoms with Crippen LogP contribution in [0.15, 0.2) is 30.3 Å². The first kappa shape index (κ1) is 20.7. The molecule has 1 unspecified atom stereocenters. The molecule has 1 aromatic rings. The Morgan fingerprint density at radius 1 is 0.815 bits per heavy atom. The lowest BCUT2D eigenvalue weighted by atomic mass is 9.76. The third-order valence-electron chi connectivity index (χ3n) is 7.24. The topological polar surface area (TPSA) is 0 Å². The summed E-state index contributed by atoms with van der Waals surface area (Å²) in [6, 6.07) is 9.68. The first-order valence-electron chi connectivity index (χ1n) is 12.1. The second-order valence-electron chi connectivity index (χ2n) is 9.51. The lowest BCUT2D eigenvalue weighted by molar-refractivity contribution is 0.302. The summed E-state index contributed by atoms with van der Waals surface area (Å²) in [4.78, 5) is 0. The highest BCUT2D eigenvalue weighted by Gasteiger charge is 2.22. The van der Waals surface area contributed by atoms with Crippen LogP contribution in [0.2, 0.25) is 0 Å². The van der Waals surface area contributed by atoms with Crippen LogP contribution in [-0.4, -0.2) is 0 Å². The molecule has 0 nitrogen and oxygen atoms in total. The van der Waals surface area contributed by atoms with Crippen LogP contribution in [0.5, 0.6) is 0 Å². The molecule has 3 rings (SSSR count). The quantitative estimate of drug-likeness (QED) is 0.383. The summed E-state index contributed by atoms with van der Waals surface area (Å²) in [7, 11) is 0. The van der Waals surface area contributed by atoms with Crippen molar-refractivity contribution in [3.8, 4) is 0 Å². The van der Waals surface area contributed by atoms with E-state index in [1.807, 2.05) is 0 Å². The maximum absolute atomic E-state index is 2.48. The van der Waals surface area contributed by atoms with Crippen LogP contribution >= 0.6 is 0 Å². The van der Waals surface area contributed by atoms with Gasteiger partial charge in [0.15, 0.2) is 0 Å². The molecule has 0 aromatic heterocycles. The van der Waals surface area contributed by atoms with Gasteiger partial charge in [0, 0.05) is 0 Å². The van der Waals surface area contributed by atoms with Crippen LogP contribution in [0.4, 0.5) is 0 Å². The molecule has 0 heterocycles. The average molecular weight is 367 g/mol. The van der Waals surface area contributed by atoms with E-state index in [0.29, 0.717) is 0 Å². The van der Waals surface area contributed by atoms with Crippen molar-refractivity contribution in [1.82, 2.24) is 0 Å². The maximum atomic E-state index is 2.48. The van der Waals surface area contributed by atoms with E-state index in [1.165, 1.54) is 95.5 Å². The fraction of sp³-hybridized carbons (Fsp3) is 0.704. The predicted molar refractivity (Wildman–Crippen MR) is 120 cm³/mol. The molecule has 1 saturated carbocycles. The van der Waals surface area contributed by atoms with Crippen molar-refractivity contribution in [3.05, 3.63) is 41.5 Å². The zero-order valence-corrected chi connectivity index (χ0v) is 18.0. The minimum Gasteiger partial charge on any atom is -0.0805 e. The fourth-order valence-corrected chi connectivity index (χ4v) is 5.19. The predicted octanol–water partition coefficient (Wildman–Crippen LogP) is 8.91. The Balaban J connectivity index is 1.39. The van der Waals surface area contributed by atoms with Gasteiger partial charge in [0.2, 0.25) is 0 Å². The molecule has 0 spiro atoms. The standard InChI is InChI=1S/C27H42/c1-3-4-5-6-7-8-9-23-12-16-25(17-13-23)27-20-18-26(19-21-27)24-14-10-22(2)11-15-24/h14,18-23,25H,3-13,15-17H2,1-2H3/t22?,23-,25-. The molecule has 1 atom stereocenters. The molecular weight excluding hydrogens is 324 g/mol. The van der Waals surface area contributed by atoms with Gasteiger partial charge in [0.05, 0.1) is 0 Å². The van der Waals surface area contributed by atoms with Crippen LogP contribution in [0.3, 0.4) is 0 Å². The smallest absolute Gasteiger partial charge is 0.0162 e. The molecule has 0 heteroatoms. The van der Waals surface area contributed by atoms with E-state index in [-0.39, 0.29) is 0 Å². The van der Waals surface area contributed by atoms with E-state index >= 15 is 0 Å². The molecule has 2 aliphatic carbocycles. The van der Waals surface area contributed by atoms with Crippen molar-refractivity contribution in [2.45, 2.75) is 110 Å². The van der Waals surface area contributed by atoms with Crippen molar-refractivity contribution in [1.29, 1.82) is 0 Å². The third-order valence-corrected chi connectivity index (χ3v) is 7.24. The summed E-state index contributed by atoms with van der Waals surface area (Å²) >= 11 is 0. The molecule has 0 bridgehead atoms. The summed E-state index contributed by atoms with van der Waals surface area (Å²) < 4.78 is 0. The molecule has 150 valence electrons. The van der Waals surface area contributed by atoms with Crippen LogP contribution in [-0.2, 0) is 0 Å². The van der Waals surface area contributed by atoms with Crippen molar-refractivity contribution in [2.24, 2.45) is 11.8 Å². The number of rotatable bonds is 9. The second kappa shape index (κ2) is 11.1. The monoisotopic (exact) mass is 366 g/mol. The van der Waals surface area contributed by atoms with Crippen molar-refractivity contribution in [3.63, 3.8) is 0 Å². The highest BCUT2D eigenvalue weighted by molar-refractivity contribution is 5.66. The molecule has 0 N–H and O–H groups in total. The van der Waals surface area contributed by atoms with Crippen LogP contribution in [0.1, 0.15) is 121 Å². The Bertz CT molecular complexity index is 556. The normalized spacial score (nSPS) is 26.0. The second-order valence-corrected chi connectivity index (χ2v) is 9.51.